The summed E-state index contributed by atoms with van der Waals surface area (Å²) < 4.78 is 61.0. The second-order valence-corrected chi connectivity index (χ2v) is 8.70. The van der Waals surface area contributed by atoms with Crippen LogP contribution in [0.15, 0.2) is 4.99 Å². The number of thioether (sulfide) groups is 1. The third-order valence-electron chi connectivity index (χ3n) is 3.88. The molecule has 0 aliphatic carbocycles. The largest absolute Gasteiger partial charge is 0.511 e. The number of hydrogen-bond acceptors (Lipinski definition) is 4. The number of rotatable bonds is 8. The number of piperidine rings is 1. The first-order valence-corrected chi connectivity index (χ1v) is 11.1. The van der Waals surface area contributed by atoms with E-state index in [0.29, 0.717) is 29.7 Å². The minimum absolute atomic E-state index is 0.0846. The molecule has 6 nitrogen and oxygen atoms in total. The molecular weight excluding hydrogens is 377 g/mol. The molecule has 2 N–H and O–H groups in total. The predicted octanol–water partition coefficient (Wildman–Crippen LogP) is 1.86. The van der Waals surface area contributed by atoms with Crippen molar-refractivity contribution >= 4 is 27.7 Å². The second kappa shape index (κ2) is 10.5. The van der Waals surface area contributed by atoms with E-state index in [0.717, 1.165) is 25.3 Å². The van der Waals surface area contributed by atoms with E-state index in [9.17, 15) is 21.6 Å². The summed E-state index contributed by atoms with van der Waals surface area (Å²) in [6, 6.07) is 0. The van der Waals surface area contributed by atoms with E-state index >= 15 is 0 Å². The SMILES string of the molecule is CCNC(=NCC1CCN(S(=O)(=O)C(F)(F)F)CC1)NCCCSC. The third kappa shape index (κ3) is 7.22. The van der Waals surface area contributed by atoms with E-state index < -0.39 is 15.5 Å². The van der Waals surface area contributed by atoms with Crippen LogP contribution in [0.2, 0.25) is 0 Å². The van der Waals surface area contributed by atoms with E-state index in [1.165, 1.54) is 0 Å². The molecule has 148 valence electrons. The fourth-order valence-electron chi connectivity index (χ4n) is 2.46. The number of guanidine groups is 1. The lowest BCUT2D eigenvalue weighted by Gasteiger charge is -2.30. The molecule has 0 aromatic heterocycles. The Hall–Kier alpha value is -0.680. The van der Waals surface area contributed by atoms with Crippen molar-refractivity contribution in [3.8, 4) is 0 Å². The van der Waals surface area contributed by atoms with Crippen molar-refractivity contribution in [1.29, 1.82) is 0 Å². The Balaban J connectivity index is 2.48. The summed E-state index contributed by atoms with van der Waals surface area (Å²) in [7, 11) is -5.21. The van der Waals surface area contributed by atoms with Crippen LogP contribution in [0.5, 0.6) is 0 Å². The molecule has 1 saturated heterocycles. The van der Waals surface area contributed by atoms with Crippen LogP contribution in [0.1, 0.15) is 26.2 Å². The molecule has 0 amide bonds. The molecule has 0 saturated carbocycles. The Morgan fingerprint density at radius 3 is 2.44 bits per heavy atom. The fraction of sp³-hybridized carbons (Fsp3) is 0.929. The molecule has 0 radical (unpaired) electrons. The molecule has 0 bridgehead atoms. The van der Waals surface area contributed by atoms with Gasteiger partial charge in [-0.25, -0.2) is 8.42 Å². The lowest BCUT2D eigenvalue weighted by Crippen LogP contribution is -2.45. The maximum absolute atomic E-state index is 12.6. The molecule has 11 heteroatoms. The minimum atomic E-state index is -5.23. The predicted molar refractivity (Wildman–Crippen MR) is 96.3 cm³/mol. The van der Waals surface area contributed by atoms with E-state index in [-0.39, 0.29) is 19.0 Å². The highest BCUT2D eigenvalue weighted by atomic mass is 32.2. The van der Waals surface area contributed by atoms with Crippen molar-refractivity contribution in [2.24, 2.45) is 10.9 Å². The number of nitrogens with one attached hydrogen (secondary N) is 2. The molecule has 1 aliphatic rings. The molecule has 1 aliphatic heterocycles. The molecular formula is C14H27F3N4O2S2. The van der Waals surface area contributed by atoms with Crippen LogP contribution in [-0.2, 0) is 10.0 Å². The first-order chi connectivity index (χ1) is 11.7. The van der Waals surface area contributed by atoms with Crippen LogP contribution >= 0.6 is 11.8 Å². The van der Waals surface area contributed by atoms with Crippen LogP contribution in [-0.4, -0.2) is 68.9 Å². The smallest absolute Gasteiger partial charge is 0.357 e. The maximum atomic E-state index is 12.6. The number of alkyl halides is 3. The van der Waals surface area contributed by atoms with Gasteiger partial charge in [0.15, 0.2) is 5.96 Å². The number of hydrogen-bond donors (Lipinski definition) is 2. The van der Waals surface area contributed by atoms with E-state index in [2.05, 4.69) is 15.6 Å². The first-order valence-electron chi connectivity index (χ1n) is 8.30. The van der Waals surface area contributed by atoms with Gasteiger partial charge in [0.05, 0.1) is 0 Å². The molecule has 0 atom stereocenters. The summed E-state index contributed by atoms with van der Waals surface area (Å²) in [5, 5.41) is 6.35. The van der Waals surface area contributed by atoms with Crippen LogP contribution in [0.25, 0.3) is 0 Å². The van der Waals surface area contributed by atoms with Gasteiger partial charge >= 0.3 is 15.5 Å². The van der Waals surface area contributed by atoms with E-state index in [1.807, 2.05) is 13.2 Å². The molecule has 1 fully saturated rings. The first kappa shape index (κ1) is 22.4. The van der Waals surface area contributed by atoms with Crippen molar-refractivity contribution in [3.63, 3.8) is 0 Å². The monoisotopic (exact) mass is 404 g/mol. The van der Waals surface area contributed by atoms with E-state index in [4.69, 9.17) is 0 Å². The normalized spacial score (nSPS) is 18.4. The van der Waals surface area contributed by atoms with Gasteiger partial charge in [-0.1, -0.05) is 0 Å². The Bertz CT molecular complexity index is 519. The van der Waals surface area contributed by atoms with Gasteiger partial charge < -0.3 is 10.6 Å². The van der Waals surface area contributed by atoms with Crippen molar-refractivity contribution in [3.05, 3.63) is 0 Å². The molecule has 25 heavy (non-hydrogen) atoms. The van der Waals surface area contributed by atoms with Crippen molar-refractivity contribution < 1.29 is 21.6 Å². The Morgan fingerprint density at radius 2 is 1.92 bits per heavy atom. The van der Waals surface area contributed by atoms with Gasteiger partial charge in [0.2, 0.25) is 0 Å². The number of nitrogens with zero attached hydrogens (tertiary/aromatic N) is 2. The highest BCUT2D eigenvalue weighted by molar-refractivity contribution is 7.98. The van der Waals surface area contributed by atoms with Crippen molar-refractivity contribution in [2.75, 3.05) is 44.7 Å². The van der Waals surface area contributed by atoms with Gasteiger partial charge in [0, 0.05) is 32.7 Å². The van der Waals surface area contributed by atoms with Gasteiger partial charge in [-0.3, -0.25) is 4.99 Å². The molecule has 1 heterocycles. The summed E-state index contributed by atoms with van der Waals surface area (Å²) in [5.41, 5.74) is -5.23. The number of sulfonamides is 1. The molecule has 0 unspecified atom stereocenters. The maximum Gasteiger partial charge on any atom is 0.511 e. The van der Waals surface area contributed by atoms with Crippen molar-refractivity contribution in [1.82, 2.24) is 14.9 Å². The lowest BCUT2D eigenvalue weighted by atomic mass is 9.98. The summed E-state index contributed by atoms with van der Waals surface area (Å²) in [6.07, 6.45) is 3.82. The average Bonchev–Trinajstić information content (AvgIpc) is 2.55. The topological polar surface area (TPSA) is 73.8 Å². The zero-order chi connectivity index (χ0) is 18.9. The zero-order valence-electron chi connectivity index (χ0n) is 14.6. The summed E-state index contributed by atoms with van der Waals surface area (Å²) >= 11 is 1.77. The van der Waals surface area contributed by atoms with Gasteiger partial charge in [0.25, 0.3) is 0 Å². The minimum Gasteiger partial charge on any atom is -0.357 e. The fourth-order valence-corrected chi connectivity index (χ4v) is 3.88. The molecule has 1 rings (SSSR count). The van der Waals surface area contributed by atoms with Crippen LogP contribution in [0, 0.1) is 5.92 Å². The Labute approximate surface area is 152 Å². The van der Waals surface area contributed by atoms with Gasteiger partial charge in [0.1, 0.15) is 0 Å². The summed E-state index contributed by atoms with van der Waals surface area (Å²) in [4.78, 5) is 4.47. The second-order valence-electron chi connectivity index (χ2n) is 5.79. The number of halogens is 3. The van der Waals surface area contributed by atoms with E-state index in [1.54, 1.807) is 11.8 Å². The van der Waals surface area contributed by atoms with Gasteiger partial charge in [-0.05, 0) is 44.1 Å². The average molecular weight is 405 g/mol. The number of aliphatic imine (C=N–C) groups is 1. The molecule has 0 aromatic carbocycles. The lowest BCUT2D eigenvalue weighted by molar-refractivity contribution is -0.0496. The summed E-state index contributed by atoms with van der Waals surface area (Å²) in [5.74, 6) is 1.83. The quantitative estimate of drug-likeness (QED) is 0.367. The van der Waals surface area contributed by atoms with Crippen molar-refractivity contribution in [2.45, 2.75) is 31.7 Å². The van der Waals surface area contributed by atoms with Gasteiger partial charge in [-0.15, -0.1) is 0 Å². The van der Waals surface area contributed by atoms with Crippen LogP contribution < -0.4 is 10.6 Å². The standard InChI is InChI=1S/C14H27F3N4O2S2/c1-3-18-13(19-7-4-10-24-2)20-11-12-5-8-21(9-6-12)25(22,23)14(15,16)17/h12H,3-11H2,1-2H3,(H2,18,19,20). The highest BCUT2D eigenvalue weighted by Gasteiger charge is 2.50. The summed E-state index contributed by atoms with van der Waals surface area (Å²) in [6.45, 7) is 3.72. The zero-order valence-corrected chi connectivity index (χ0v) is 16.2. The molecule has 0 aromatic rings. The highest BCUT2D eigenvalue weighted by Crippen LogP contribution is 2.30. The third-order valence-corrected chi connectivity index (χ3v) is 6.20. The van der Waals surface area contributed by atoms with Crippen LogP contribution in [0.4, 0.5) is 13.2 Å². The van der Waals surface area contributed by atoms with Gasteiger partial charge in [-0.2, -0.15) is 29.2 Å². The Morgan fingerprint density at radius 1 is 1.28 bits per heavy atom. The Kier molecular flexibility index (Phi) is 9.36. The van der Waals surface area contributed by atoms with Crippen LogP contribution in [0.3, 0.4) is 0 Å². The molecule has 0 spiro atoms.